The van der Waals surface area contributed by atoms with Crippen LogP contribution >= 0.6 is 0 Å². The van der Waals surface area contributed by atoms with Crippen LogP contribution in [0, 0.1) is 0 Å². The lowest BCUT2D eigenvalue weighted by Gasteiger charge is -2.30. The molecule has 1 rings (SSSR count). The molecule has 0 atom stereocenters. The molecule has 0 aromatic carbocycles. The molecule has 0 bridgehead atoms. The predicted octanol–water partition coefficient (Wildman–Crippen LogP) is 0.200. The molecule has 1 N–H and O–H groups in total. The van der Waals surface area contributed by atoms with E-state index in [0.717, 1.165) is 12.8 Å². The SMILES string of the molecule is CN(C1CCOCC1)S(=O)(=O)CCCCO. The van der Waals surface area contributed by atoms with Gasteiger partial charge in [-0.1, -0.05) is 0 Å². The van der Waals surface area contributed by atoms with Gasteiger partial charge in [-0.3, -0.25) is 0 Å². The standard InChI is InChI=1S/C10H21NO4S/c1-11(10-4-7-15-8-5-10)16(13,14)9-3-2-6-12/h10,12H,2-9H2,1H3. The highest BCUT2D eigenvalue weighted by Crippen LogP contribution is 2.16. The zero-order valence-corrected chi connectivity index (χ0v) is 10.6. The van der Waals surface area contributed by atoms with Gasteiger partial charge in [0.05, 0.1) is 5.75 Å². The first-order valence-electron chi connectivity index (χ1n) is 5.72. The van der Waals surface area contributed by atoms with Crippen molar-refractivity contribution in [2.24, 2.45) is 0 Å². The van der Waals surface area contributed by atoms with Gasteiger partial charge < -0.3 is 9.84 Å². The Balaban J connectivity index is 2.46. The molecule has 1 aliphatic heterocycles. The van der Waals surface area contributed by atoms with Gasteiger partial charge >= 0.3 is 0 Å². The van der Waals surface area contributed by atoms with Crippen molar-refractivity contribution in [3.05, 3.63) is 0 Å². The molecule has 0 spiro atoms. The number of ether oxygens (including phenoxy) is 1. The van der Waals surface area contributed by atoms with E-state index in [1.54, 1.807) is 7.05 Å². The molecule has 0 aromatic rings. The summed E-state index contributed by atoms with van der Waals surface area (Å²) in [5.74, 6) is 0.126. The maximum Gasteiger partial charge on any atom is 0.214 e. The maximum atomic E-state index is 11.9. The van der Waals surface area contributed by atoms with Crippen LogP contribution in [-0.4, -0.2) is 56.5 Å². The summed E-state index contributed by atoms with van der Waals surface area (Å²) in [6, 6.07) is 0.0767. The number of hydrogen-bond acceptors (Lipinski definition) is 4. The van der Waals surface area contributed by atoms with Crippen molar-refractivity contribution < 1.29 is 18.3 Å². The van der Waals surface area contributed by atoms with Crippen LogP contribution in [0.3, 0.4) is 0 Å². The number of nitrogens with zero attached hydrogens (tertiary/aromatic N) is 1. The van der Waals surface area contributed by atoms with Crippen molar-refractivity contribution in [2.45, 2.75) is 31.7 Å². The van der Waals surface area contributed by atoms with E-state index in [0.29, 0.717) is 26.1 Å². The fraction of sp³-hybridized carbons (Fsp3) is 1.00. The summed E-state index contributed by atoms with van der Waals surface area (Å²) in [5, 5.41) is 8.63. The lowest BCUT2D eigenvalue weighted by atomic mass is 10.1. The quantitative estimate of drug-likeness (QED) is 0.685. The third-order valence-electron chi connectivity index (χ3n) is 2.95. The minimum atomic E-state index is -3.17. The summed E-state index contributed by atoms with van der Waals surface area (Å²) in [7, 11) is -1.52. The third-order valence-corrected chi connectivity index (χ3v) is 4.93. The zero-order chi connectivity index (χ0) is 12.0. The Kier molecular flexibility index (Phi) is 5.68. The second-order valence-corrected chi connectivity index (χ2v) is 6.25. The molecule has 5 nitrogen and oxygen atoms in total. The van der Waals surface area contributed by atoms with Gasteiger partial charge in [0.25, 0.3) is 0 Å². The van der Waals surface area contributed by atoms with Gasteiger partial charge in [0.15, 0.2) is 0 Å². The minimum absolute atomic E-state index is 0.0521. The van der Waals surface area contributed by atoms with Crippen LogP contribution in [0.2, 0.25) is 0 Å². The molecular formula is C10H21NO4S. The molecule has 6 heteroatoms. The molecule has 0 aromatic heterocycles. The number of aliphatic hydroxyl groups is 1. The van der Waals surface area contributed by atoms with E-state index in [4.69, 9.17) is 9.84 Å². The van der Waals surface area contributed by atoms with Gasteiger partial charge in [-0.2, -0.15) is 0 Å². The van der Waals surface area contributed by atoms with Crippen LogP contribution < -0.4 is 0 Å². The van der Waals surface area contributed by atoms with Crippen LogP contribution in [0.25, 0.3) is 0 Å². The summed E-state index contributed by atoms with van der Waals surface area (Å²) >= 11 is 0. The third kappa shape index (κ3) is 4.01. The van der Waals surface area contributed by atoms with Crippen LogP contribution in [0.5, 0.6) is 0 Å². The number of unbranched alkanes of at least 4 members (excludes halogenated alkanes) is 1. The average molecular weight is 251 g/mol. The normalized spacial score (nSPS) is 19.2. The van der Waals surface area contributed by atoms with E-state index in [-0.39, 0.29) is 18.4 Å². The lowest BCUT2D eigenvalue weighted by Crippen LogP contribution is -2.41. The van der Waals surface area contributed by atoms with Crippen molar-refractivity contribution in [1.82, 2.24) is 4.31 Å². The summed E-state index contributed by atoms with van der Waals surface area (Å²) in [6.45, 7) is 1.33. The Morgan fingerprint density at radius 3 is 2.50 bits per heavy atom. The number of aliphatic hydroxyl groups excluding tert-OH is 1. The molecular weight excluding hydrogens is 230 g/mol. The Morgan fingerprint density at radius 1 is 1.31 bits per heavy atom. The Labute approximate surface area is 97.4 Å². The van der Waals surface area contributed by atoms with Crippen molar-refractivity contribution in [3.8, 4) is 0 Å². The summed E-state index contributed by atoms with van der Waals surface area (Å²) < 4.78 is 30.5. The van der Waals surface area contributed by atoms with Gasteiger partial charge in [-0.25, -0.2) is 12.7 Å². The van der Waals surface area contributed by atoms with E-state index in [1.165, 1.54) is 4.31 Å². The molecule has 0 amide bonds. The fourth-order valence-electron chi connectivity index (χ4n) is 1.82. The smallest absolute Gasteiger partial charge is 0.214 e. The molecule has 0 aliphatic carbocycles. The molecule has 1 saturated heterocycles. The number of hydrogen-bond donors (Lipinski definition) is 1. The monoisotopic (exact) mass is 251 g/mol. The largest absolute Gasteiger partial charge is 0.396 e. The van der Waals surface area contributed by atoms with Gasteiger partial charge in [0.1, 0.15) is 0 Å². The first-order valence-corrected chi connectivity index (χ1v) is 7.33. The molecule has 1 fully saturated rings. The van der Waals surface area contributed by atoms with Crippen LogP contribution in [-0.2, 0) is 14.8 Å². The highest BCUT2D eigenvalue weighted by Gasteiger charge is 2.27. The fourth-order valence-corrected chi connectivity index (χ4v) is 3.34. The summed E-state index contributed by atoms with van der Waals surface area (Å²) in [5.41, 5.74) is 0. The number of rotatable bonds is 6. The highest BCUT2D eigenvalue weighted by molar-refractivity contribution is 7.89. The zero-order valence-electron chi connectivity index (χ0n) is 9.76. The van der Waals surface area contributed by atoms with Gasteiger partial charge in [-0.05, 0) is 25.7 Å². The second-order valence-electron chi connectivity index (χ2n) is 4.11. The minimum Gasteiger partial charge on any atom is -0.396 e. The molecule has 1 heterocycles. The van der Waals surface area contributed by atoms with Crippen LogP contribution in [0.1, 0.15) is 25.7 Å². The Bertz CT molecular complexity index is 285. The summed E-state index contributed by atoms with van der Waals surface area (Å²) in [4.78, 5) is 0. The Hall–Kier alpha value is -0.170. The van der Waals surface area contributed by atoms with Gasteiger partial charge in [0.2, 0.25) is 10.0 Å². The van der Waals surface area contributed by atoms with E-state index in [1.807, 2.05) is 0 Å². The molecule has 0 radical (unpaired) electrons. The molecule has 1 aliphatic rings. The predicted molar refractivity (Wildman–Crippen MR) is 61.7 cm³/mol. The van der Waals surface area contributed by atoms with Crippen molar-refractivity contribution in [1.29, 1.82) is 0 Å². The van der Waals surface area contributed by atoms with Gasteiger partial charge in [0, 0.05) is 32.9 Å². The van der Waals surface area contributed by atoms with E-state index >= 15 is 0 Å². The first kappa shape index (κ1) is 13.9. The topological polar surface area (TPSA) is 66.8 Å². The Morgan fingerprint density at radius 2 is 1.94 bits per heavy atom. The van der Waals surface area contributed by atoms with E-state index in [9.17, 15) is 8.42 Å². The molecule has 16 heavy (non-hydrogen) atoms. The van der Waals surface area contributed by atoms with Crippen molar-refractivity contribution >= 4 is 10.0 Å². The van der Waals surface area contributed by atoms with Crippen molar-refractivity contribution in [2.75, 3.05) is 32.6 Å². The van der Waals surface area contributed by atoms with Crippen LogP contribution in [0.15, 0.2) is 0 Å². The molecule has 0 saturated carbocycles. The van der Waals surface area contributed by atoms with Crippen LogP contribution in [0.4, 0.5) is 0 Å². The maximum absolute atomic E-state index is 11.9. The first-order chi connectivity index (χ1) is 7.58. The lowest BCUT2D eigenvalue weighted by molar-refractivity contribution is 0.0632. The summed E-state index contributed by atoms with van der Waals surface area (Å²) in [6.07, 6.45) is 2.61. The van der Waals surface area contributed by atoms with E-state index in [2.05, 4.69) is 0 Å². The number of sulfonamides is 1. The average Bonchev–Trinajstić information content (AvgIpc) is 2.29. The van der Waals surface area contributed by atoms with Crippen molar-refractivity contribution in [3.63, 3.8) is 0 Å². The van der Waals surface area contributed by atoms with E-state index < -0.39 is 10.0 Å². The van der Waals surface area contributed by atoms with Gasteiger partial charge in [-0.15, -0.1) is 0 Å². The molecule has 96 valence electrons. The molecule has 0 unspecified atom stereocenters. The second kappa shape index (κ2) is 6.54. The highest BCUT2D eigenvalue weighted by atomic mass is 32.2.